The average molecular weight is 410 g/mol. The number of amides is 2. The van der Waals surface area contributed by atoms with Crippen molar-refractivity contribution in [1.82, 2.24) is 14.8 Å². The quantitative estimate of drug-likeness (QED) is 0.834. The molecule has 2 aliphatic heterocycles. The molecule has 2 aliphatic rings. The number of anilines is 1. The molecular formula is C22H26N4O4. The molecule has 3 atom stereocenters. The van der Waals surface area contributed by atoms with Crippen molar-refractivity contribution in [2.24, 2.45) is 11.8 Å². The number of fused-ring (bicyclic) bond motifs is 1. The summed E-state index contributed by atoms with van der Waals surface area (Å²) in [5.41, 5.74) is 1.27. The fourth-order valence-electron chi connectivity index (χ4n) is 4.61. The number of carbonyl (C=O) groups excluding carboxylic acids is 1. The predicted octanol–water partition coefficient (Wildman–Crippen LogP) is 2.58. The summed E-state index contributed by atoms with van der Waals surface area (Å²) in [7, 11) is 5.20. The maximum atomic E-state index is 12.9. The maximum Gasteiger partial charge on any atom is 0.337 e. The Bertz CT molecular complexity index is 929. The summed E-state index contributed by atoms with van der Waals surface area (Å²) in [5, 5.41) is 9.09. The fraction of sp³-hybridized carbons (Fsp3) is 0.409. The third kappa shape index (κ3) is 3.53. The van der Waals surface area contributed by atoms with Crippen LogP contribution in [0.15, 0.2) is 42.6 Å². The van der Waals surface area contributed by atoms with Gasteiger partial charge in [-0.1, -0.05) is 12.1 Å². The monoisotopic (exact) mass is 410 g/mol. The van der Waals surface area contributed by atoms with Crippen LogP contribution in [0, 0.1) is 11.8 Å². The van der Waals surface area contributed by atoms with Crippen molar-refractivity contribution < 1.29 is 19.4 Å². The highest BCUT2D eigenvalue weighted by Gasteiger charge is 2.49. The minimum Gasteiger partial charge on any atom is -0.497 e. The molecule has 4 rings (SSSR count). The van der Waals surface area contributed by atoms with Gasteiger partial charge < -0.3 is 24.5 Å². The lowest BCUT2D eigenvalue weighted by Crippen LogP contribution is -2.41. The Morgan fingerprint density at radius 2 is 1.83 bits per heavy atom. The zero-order valence-electron chi connectivity index (χ0n) is 17.4. The summed E-state index contributed by atoms with van der Waals surface area (Å²) in [5.74, 6) is 1.16. The van der Waals surface area contributed by atoms with Crippen molar-refractivity contribution in [3.05, 3.63) is 53.7 Å². The first-order valence-corrected chi connectivity index (χ1v) is 9.95. The summed E-state index contributed by atoms with van der Waals surface area (Å²) in [6, 6.07) is 11.3. The van der Waals surface area contributed by atoms with E-state index in [-0.39, 0.29) is 23.6 Å². The number of aromatic carboxylic acids is 1. The van der Waals surface area contributed by atoms with Crippen LogP contribution in [-0.2, 0) is 0 Å². The lowest BCUT2D eigenvalue weighted by Gasteiger charge is -2.32. The van der Waals surface area contributed by atoms with E-state index in [1.54, 1.807) is 38.2 Å². The van der Waals surface area contributed by atoms with E-state index in [1.165, 1.54) is 6.20 Å². The van der Waals surface area contributed by atoms with Gasteiger partial charge in [0.2, 0.25) is 0 Å². The first kappa shape index (κ1) is 20.0. The van der Waals surface area contributed by atoms with E-state index in [1.807, 2.05) is 29.2 Å². The lowest BCUT2D eigenvalue weighted by molar-refractivity contribution is 0.0696. The number of benzene rings is 1. The summed E-state index contributed by atoms with van der Waals surface area (Å²) in [4.78, 5) is 34.1. The van der Waals surface area contributed by atoms with Crippen molar-refractivity contribution >= 4 is 17.8 Å². The lowest BCUT2D eigenvalue weighted by atomic mass is 9.89. The topological polar surface area (TPSA) is 86.2 Å². The first-order valence-electron chi connectivity index (χ1n) is 9.95. The second kappa shape index (κ2) is 7.85. The number of pyridine rings is 1. The average Bonchev–Trinajstić information content (AvgIpc) is 3.31. The zero-order valence-corrected chi connectivity index (χ0v) is 17.4. The number of nitrogens with zero attached hydrogens (tertiary/aromatic N) is 4. The fourth-order valence-corrected chi connectivity index (χ4v) is 4.61. The SMILES string of the molecule is COc1ccc([C@H]2[C@@H]3CN(c4ccc(C(=O)O)cn4)C[C@@H]3CN2C(=O)N(C)C)cc1. The molecule has 2 fully saturated rings. The molecule has 1 N–H and O–H groups in total. The van der Waals surface area contributed by atoms with Crippen LogP contribution in [0.5, 0.6) is 5.75 Å². The van der Waals surface area contributed by atoms with Crippen LogP contribution in [-0.4, -0.2) is 72.7 Å². The molecule has 30 heavy (non-hydrogen) atoms. The highest BCUT2D eigenvalue weighted by molar-refractivity contribution is 5.87. The van der Waals surface area contributed by atoms with Crippen LogP contribution >= 0.6 is 0 Å². The molecule has 0 aliphatic carbocycles. The van der Waals surface area contributed by atoms with Gasteiger partial charge in [-0.15, -0.1) is 0 Å². The van der Waals surface area contributed by atoms with Crippen molar-refractivity contribution in [2.45, 2.75) is 6.04 Å². The molecule has 8 nitrogen and oxygen atoms in total. The Morgan fingerprint density at radius 3 is 2.40 bits per heavy atom. The van der Waals surface area contributed by atoms with Gasteiger partial charge in [0, 0.05) is 51.8 Å². The van der Waals surface area contributed by atoms with Crippen LogP contribution < -0.4 is 9.64 Å². The molecule has 158 valence electrons. The van der Waals surface area contributed by atoms with Crippen LogP contribution in [0.25, 0.3) is 0 Å². The van der Waals surface area contributed by atoms with E-state index in [4.69, 9.17) is 9.84 Å². The molecule has 0 saturated carbocycles. The molecular weight excluding hydrogens is 384 g/mol. The highest BCUT2D eigenvalue weighted by atomic mass is 16.5. The molecule has 0 unspecified atom stereocenters. The summed E-state index contributed by atoms with van der Waals surface area (Å²) >= 11 is 0. The molecule has 0 radical (unpaired) electrons. The van der Waals surface area contributed by atoms with E-state index in [0.717, 1.165) is 30.2 Å². The van der Waals surface area contributed by atoms with E-state index in [0.29, 0.717) is 12.5 Å². The van der Waals surface area contributed by atoms with Crippen molar-refractivity contribution in [3.8, 4) is 5.75 Å². The number of carboxylic acids is 1. The van der Waals surface area contributed by atoms with Gasteiger partial charge in [-0.25, -0.2) is 14.6 Å². The van der Waals surface area contributed by atoms with Gasteiger partial charge in [-0.2, -0.15) is 0 Å². The molecule has 2 saturated heterocycles. The van der Waals surface area contributed by atoms with Gasteiger partial charge in [-0.05, 0) is 29.8 Å². The van der Waals surface area contributed by atoms with E-state index < -0.39 is 5.97 Å². The van der Waals surface area contributed by atoms with Crippen molar-refractivity contribution in [3.63, 3.8) is 0 Å². The van der Waals surface area contributed by atoms with Gasteiger partial charge in [0.1, 0.15) is 11.6 Å². The number of rotatable bonds is 4. The van der Waals surface area contributed by atoms with Crippen LogP contribution in [0.3, 0.4) is 0 Å². The number of likely N-dealkylation sites (tertiary alicyclic amines) is 1. The van der Waals surface area contributed by atoms with E-state index in [2.05, 4.69) is 9.88 Å². The normalized spacial score (nSPS) is 22.7. The molecule has 2 aromatic rings. The number of hydrogen-bond acceptors (Lipinski definition) is 5. The minimum absolute atomic E-state index is 0.0145. The molecule has 0 spiro atoms. The smallest absolute Gasteiger partial charge is 0.337 e. The second-order valence-corrected chi connectivity index (χ2v) is 8.09. The number of carbonyl (C=O) groups is 2. The molecule has 0 bridgehead atoms. The standard InChI is InChI=1S/C22H26N4O4/c1-24(2)22(29)26-12-16-11-25(19-9-6-15(10-23-19)21(27)28)13-18(16)20(26)14-4-7-17(30-3)8-5-14/h4-10,16,18,20H,11-13H2,1-3H3,(H,27,28)/t16-,18-,20+/m1/s1. The Balaban J connectivity index is 1.60. The first-order chi connectivity index (χ1) is 14.4. The molecule has 8 heteroatoms. The van der Waals surface area contributed by atoms with Crippen molar-refractivity contribution in [1.29, 1.82) is 0 Å². The van der Waals surface area contributed by atoms with Gasteiger partial charge in [0.25, 0.3) is 0 Å². The van der Waals surface area contributed by atoms with Crippen LogP contribution in [0.4, 0.5) is 10.6 Å². The highest BCUT2D eigenvalue weighted by Crippen LogP contribution is 2.46. The second-order valence-electron chi connectivity index (χ2n) is 8.09. The Morgan fingerprint density at radius 1 is 1.10 bits per heavy atom. The number of carboxylic acid groups (broad SMARTS) is 1. The van der Waals surface area contributed by atoms with Gasteiger partial charge in [0.15, 0.2) is 0 Å². The Labute approximate surface area is 175 Å². The van der Waals surface area contributed by atoms with E-state index in [9.17, 15) is 9.59 Å². The third-order valence-corrected chi connectivity index (χ3v) is 6.07. The number of methoxy groups -OCH3 is 1. The maximum absolute atomic E-state index is 12.9. The largest absolute Gasteiger partial charge is 0.497 e. The number of ether oxygens (including phenoxy) is 1. The minimum atomic E-state index is -0.982. The summed E-state index contributed by atoms with van der Waals surface area (Å²) in [6.45, 7) is 2.23. The van der Waals surface area contributed by atoms with Gasteiger partial charge >= 0.3 is 12.0 Å². The molecule has 1 aromatic carbocycles. The Hall–Kier alpha value is -3.29. The molecule has 1 aromatic heterocycles. The number of aromatic nitrogens is 1. The van der Waals surface area contributed by atoms with Crippen molar-refractivity contribution in [2.75, 3.05) is 45.7 Å². The van der Waals surface area contributed by atoms with Crippen LogP contribution in [0.1, 0.15) is 22.0 Å². The predicted molar refractivity (Wildman–Crippen MR) is 112 cm³/mol. The molecule has 2 amide bonds. The van der Waals surface area contributed by atoms with Crippen LogP contribution in [0.2, 0.25) is 0 Å². The number of urea groups is 1. The summed E-state index contributed by atoms with van der Waals surface area (Å²) in [6.07, 6.45) is 1.40. The van der Waals surface area contributed by atoms with Gasteiger partial charge in [0.05, 0.1) is 18.7 Å². The number of hydrogen-bond donors (Lipinski definition) is 1. The third-order valence-electron chi connectivity index (χ3n) is 6.07. The molecule has 3 heterocycles. The Kier molecular flexibility index (Phi) is 5.24. The summed E-state index contributed by atoms with van der Waals surface area (Å²) < 4.78 is 5.29. The zero-order chi connectivity index (χ0) is 21.4. The van der Waals surface area contributed by atoms with E-state index >= 15 is 0 Å². The van der Waals surface area contributed by atoms with Gasteiger partial charge in [-0.3, -0.25) is 0 Å².